The summed E-state index contributed by atoms with van der Waals surface area (Å²) in [4.78, 5) is 6.76. The number of aromatic nitrogens is 2. The summed E-state index contributed by atoms with van der Waals surface area (Å²) in [5.41, 5.74) is 1.17. The van der Waals surface area contributed by atoms with Crippen molar-refractivity contribution in [1.82, 2.24) is 19.8 Å². The summed E-state index contributed by atoms with van der Waals surface area (Å²) in [6.45, 7) is 4.04. The van der Waals surface area contributed by atoms with Crippen LogP contribution in [0.25, 0.3) is 0 Å². The molecule has 0 amide bonds. The van der Waals surface area contributed by atoms with Crippen LogP contribution in [0.5, 0.6) is 0 Å². The van der Waals surface area contributed by atoms with E-state index in [0.29, 0.717) is 0 Å². The second kappa shape index (κ2) is 4.11. The summed E-state index contributed by atoms with van der Waals surface area (Å²) >= 11 is 0. The largest absolute Gasteiger partial charge is 0.333 e. The van der Waals surface area contributed by atoms with Crippen molar-refractivity contribution in [1.29, 1.82) is 0 Å². The van der Waals surface area contributed by atoms with E-state index in [2.05, 4.69) is 40.1 Å². The van der Waals surface area contributed by atoms with Gasteiger partial charge in [0.05, 0.1) is 12.2 Å². The Hall–Kier alpha value is -0.870. The lowest BCUT2D eigenvalue weighted by Crippen LogP contribution is -2.14. The van der Waals surface area contributed by atoms with Crippen LogP contribution >= 0.6 is 0 Å². The molecule has 0 fully saturated rings. The first-order valence-electron chi connectivity index (χ1n) is 5.16. The molecule has 0 radical (unpaired) electrons. The van der Waals surface area contributed by atoms with Crippen molar-refractivity contribution in [3.8, 4) is 0 Å². The standard InChI is InChI=1S/C10H18N4/c1-13(2)7-9-8-14-5-3-4-11-6-10(14)12-9/h8,11H,3-7H2,1-2H3. The highest BCUT2D eigenvalue weighted by atomic mass is 15.1. The molecule has 4 nitrogen and oxygen atoms in total. The van der Waals surface area contributed by atoms with Gasteiger partial charge >= 0.3 is 0 Å². The minimum atomic E-state index is 0.910. The van der Waals surface area contributed by atoms with E-state index in [9.17, 15) is 0 Å². The number of hydrogen-bond donors (Lipinski definition) is 1. The maximum atomic E-state index is 4.61. The molecule has 1 N–H and O–H groups in total. The minimum absolute atomic E-state index is 0.910. The Morgan fingerprint density at radius 3 is 3.21 bits per heavy atom. The van der Waals surface area contributed by atoms with Crippen molar-refractivity contribution in [2.45, 2.75) is 26.1 Å². The van der Waals surface area contributed by atoms with Crippen molar-refractivity contribution in [3.05, 3.63) is 17.7 Å². The first-order valence-corrected chi connectivity index (χ1v) is 5.16. The Morgan fingerprint density at radius 1 is 1.57 bits per heavy atom. The zero-order valence-corrected chi connectivity index (χ0v) is 8.95. The molecule has 0 aliphatic carbocycles. The van der Waals surface area contributed by atoms with Crippen molar-refractivity contribution in [3.63, 3.8) is 0 Å². The van der Waals surface area contributed by atoms with Gasteiger partial charge in [-0.2, -0.15) is 0 Å². The lowest BCUT2D eigenvalue weighted by molar-refractivity contribution is 0.397. The monoisotopic (exact) mass is 194 g/mol. The van der Waals surface area contributed by atoms with E-state index in [0.717, 1.165) is 26.2 Å². The molecule has 1 aromatic heterocycles. The van der Waals surface area contributed by atoms with Gasteiger partial charge in [0.15, 0.2) is 0 Å². The van der Waals surface area contributed by atoms with Gasteiger partial charge in [-0.15, -0.1) is 0 Å². The fourth-order valence-corrected chi connectivity index (χ4v) is 1.82. The molecular formula is C10H18N4. The van der Waals surface area contributed by atoms with Crippen molar-refractivity contribution < 1.29 is 0 Å². The quantitative estimate of drug-likeness (QED) is 0.741. The van der Waals surface area contributed by atoms with Gasteiger partial charge in [0.1, 0.15) is 5.82 Å². The van der Waals surface area contributed by atoms with Crippen molar-refractivity contribution in [2.24, 2.45) is 0 Å². The maximum Gasteiger partial charge on any atom is 0.123 e. The second-order valence-electron chi connectivity index (χ2n) is 4.11. The number of nitrogens with zero attached hydrogens (tertiary/aromatic N) is 3. The van der Waals surface area contributed by atoms with Crippen LogP contribution in [0.3, 0.4) is 0 Å². The molecule has 0 unspecified atom stereocenters. The smallest absolute Gasteiger partial charge is 0.123 e. The van der Waals surface area contributed by atoms with Gasteiger partial charge in [-0.3, -0.25) is 0 Å². The molecule has 1 aromatic rings. The third kappa shape index (κ3) is 2.13. The zero-order chi connectivity index (χ0) is 9.97. The molecular weight excluding hydrogens is 176 g/mol. The number of fused-ring (bicyclic) bond motifs is 1. The van der Waals surface area contributed by atoms with Gasteiger partial charge in [-0.1, -0.05) is 0 Å². The molecule has 0 bridgehead atoms. The van der Waals surface area contributed by atoms with E-state index in [4.69, 9.17) is 0 Å². The van der Waals surface area contributed by atoms with Gasteiger partial charge in [-0.25, -0.2) is 4.98 Å². The van der Waals surface area contributed by atoms with Crippen LogP contribution in [-0.2, 0) is 19.6 Å². The van der Waals surface area contributed by atoms with Crippen LogP contribution < -0.4 is 5.32 Å². The van der Waals surface area contributed by atoms with E-state index < -0.39 is 0 Å². The number of nitrogens with one attached hydrogen (secondary N) is 1. The summed E-state index contributed by atoms with van der Waals surface area (Å²) in [5.74, 6) is 1.18. The lowest BCUT2D eigenvalue weighted by Gasteiger charge is -2.05. The molecule has 2 heterocycles. The van der Waals surface area contributed by atoms with E-state index in [1.54, 1.807) is 0 Å². The van der Waals surface area contributed by atoms with Crippen LogP contribution in [0.15, 0.2) is 6.20 Å². The van der Waals surface area contributed by atoms with Gasteiger partial charge in [0, 0.05) is 19.3 Å². The molecule has 14 heavy (non-hydrogen) atoms. The maximum absolute atomic E-state index is 4.61. The summed E-state index contributed by atoms with van der Waals surface area (Å²) in [7, 11) is 4.14. The van der Waals surface area contributed by atoms with Crippen molar-refractivity contribution >= 4 is 0 Å². The van der Waals surface area contributed by atoms with Crippen LogP contribution in [0.2, 0.25) is 0 Å². The van der Waals surface area contributed by atoms with E-state index in [1.807, 2.05) is 0 Å². The Morgan fingerprint density at radius 2 is 2.43 bits per heavy atom. The van der Waals surface area contributed by atoms with Crippen LogP contribution in [0, 0.1) is 0 Å². The molecule has 78 valence electrons. The van der Waals surface area contributed by atoms with Crippen LogP contribution in [-0.4, -0.2) is 35.1 Å². The third-order valence-electron chi connectivity index (χ3n) is 2.42. The highest BCUT2D eigenvalue weighted by Crippen LogP contribution is 2.08. The second-order valence-corrected chi connectivity index (χ2v) is 4.11. The predicted molar refractivity (Wildman–Crippen MR) is 55.9 cm³/mol. The van der Waals surface area contributed by atoms with Gasteiger partial charge in [-0.05, 0) is 27.1 Å². The van der Waals surface area contributed by atoms with E-state index in [1.165, 1.54) is 17.9 Å². The molecule has 0 saturated carbocycles. The molecule has 4 heteroatoms. The Balaban J connectivity index is 2.14. The summed E-state index contributed by atoms with van der Waals surface area (Å²) in [6.07, 6.45) is 3.38. The summed E-state index contributed by atoms with van der Waals surface area (Å²) < 4.78 is 2.28. The first kappa shape index (κ1) is 9.68. The van der Waals surface area contributed by atoms with E-state index in [-0.39, 0.29) is 0 Å². The summed E-state index contributed by atoms with van der Waals surface area (Å²) in [6, 6.07) is 0. The molecule has 1 aliphatic heterocycles. The Labute approximate surface area is 84.9 Å². The average Bonchev–Trinajstić information content (AvgIpc) is 2.34. The molecule has 0 spiro atoms. The first-order chi connectivity index (χ1) is 6.75. The average molecular weight is 194 g/mol. The van der Waals surface area contributed by atoms with Gasteiger partial charge < -0.3 is 14.8 Å². The fourth-order valence-electron chi connectivity index (χ4n) is 1.82. The topological polar surface area (TPSA) is 33.1 Å². The molecule has 1 aliphatic rings. The Kier molecular flexibility index (Phi) is 2.84. The fraction of sp³-hybridized carbons (Fsp3) is 0.700. The summed E-state index contributed by atoms with van der Waals surface area (Å²) in [5, 5.41) is 3.37. The normalized spacial score (nSPS) is 16.8. The minimum Gasteiger partial charge on any atom is -0.333 e. The molecule has 0 aromatic carbocycles. The number of hydrogen-bond acceptors (Lipinski definition) is 3. The van der Waals surface area contributed by atoms with E-state index >= 15 is 0 Å². The molecule has 2 rings (SSSR count). The predicted octanol–water partition coefficient (Wildman–Crippen LogP) is 0.438. The SMILES string of the molecule is CN(C)Cc1cn2c(n1)CNCCC2. The zero-order valence-electron chi connectivity index (χ0n) is 8.95. The lowest BCUT2D eigenvalue weighted by atomic mass is 10.4. The highest BCUT2D eigenvalue weighted by molar-refractivity contribution is 5.05. The van der Waals surface area contributed by atoms with Gasteiger partial charge in [0.2, 0.25) is 0 Å². The van der Waals surface area contributed by atoms with Gasteiger partial charge in [0.25, 0.3) is 0 Å². The number of imidazole rings is 1. The Bertz CT molecular complexity index is 280. The van der Waals surface area contributed by atoms with Crippen LogP contribution in [0.4, 0.5) is 0 Å². The molecule has 0 saturated heterocycles. The number of rotatable bonds is 2. The van der Waals surface area contributed by atoms with Crippen LogP contribution in [0.1, 0.15) is 17.9 Å². The third-order valence-corrected chi connectivity index (χ3v) is 2.42. The van der Waals surface area contributed by atoms with Crippen molar-refractivity contribution in [2.75, 3.05) is 20.6 Å². The highest BCUT2D eigenvalue weighted by Gasteiger charge is 2.10. The number of aryl methyl sites for hydroxylation is 1. The molecule has 0 atom stereocenters.